The fraction of sp³-hybridized carbons (Fsp3) is 0.207. The van der Waals surface area contributed by atoms with Gasteiger partial charge in [0.05, 0.1) is 26.8 Å². The average molecular weight is 520 g/mol. The molecular formula is C29H25N7OS. The number of pyridine rings is 3. The zero-order valence-electron chi connectivity index (χ0n) is 20.9. The number of H-pyrrole nitrogens is 2. The Hall–Kier alpha value is -4.21. The summed E-state index contributed by atoms with van der Waals surface area (Å²) in [5, 5.41) is 9.56. The van der Waals surface area contributed by atoms with E-state index in [2.05, 4.69) is 53.2 Å². The van der Waals surface area contributed by atoms with E-state index in [9.17, 15) is 4.79 Å². The number of likely N-dealkylation sites (tertiary alicyclic amines) is 1. The summed E-state index contributed by atoms with van der Waals surface area (Å²) in [4.78, 5) is 33.3. The molecule has 0 unspecified atom stereocenters. The van der Waals surface area contributed by atoms with Crippen LogP contribution in [0.2, 0.25) is 0 Å². The van der Waals surface area contributed by atoms with Crippen LogP contribution in [0.25, 0.3) is 55.0 Å². The molecule has 7 heterocycles. The van der Waals surface area contributed by atoms with Gasteiger partial charge in [-0.1, -0.05) is 0 Å². The molecule has 0 aromatic carbocycles. The Morgan fingerprint density at radius 1 is 1.00 bits per heavy atom. The van der Waals surface area contributed by atoms with Crippen molar-refractivity contribution in [2.45, 2.75) is 26.3 Å². The van der Waals surface area contributed by atoms with Gasteiger partial charge in [0, 0.05) is 58.7 Å². The van der Waals surface area contributed by atoms with Crippen LogP contribution in [-0.2, 0) is 6.54 Å². The minimum Gasteiger partial charge on any atom is -0.353 e. The molecule has 38 heavy (non-hydrogen) atoms. The van der Waals surface area contributed by atoms with E-state index < -0.39 is 0 Å². The van der Waals surface area contributed by atoms with Crippen LogP contribution < -0.4 is 0 Å². The Bertz CT molecular complexity index is 1810. The maximum absolute atomic E-state index is 11.8. The number of Topliss-reactive ketones (excluding diaryl/α,β-unsaturated/α-hetero) is 1. The lowest BCUT2D eigenvalue weighted by molar-refractivity contribution is 0.102. The number of aromatic nitrogens is 6. The van der Waals surface area contributed by atoms with E-state index in [0.717, 1.165) is 73.9 Å². The molecule has 1 saturated heterocycles. The number of nitrogens with one attached hydrogen (secondary N) is 2. The van der Waals surface area contributed by atoms with Gasteiger partial charge in [0.15, 0.2) is 11.4 Å². The molecule has 0 aliphatic carbocycles. The largest absolute Gasteiger partial charge is 0.353 e. The molecule has 1 fully saturated rings. The SMILES string of the molecule is CC(=O)c1ccc(-c2nccc3[nH]c(-c4[nH]nc5ncc(-c6cncc(CN7CCCC7)c6)cc45)cc23)s1. The third kappa shape index (κ3) is 4.09. The van der Waals surface area contributed by atoms with Gasteiger partial charge < -0.3 is 4.98 Å². The third-order valence-corrected chi connectivity index (χ3v) is 8.34. The van der Waals surface area contributed by atoms with E-state index in [1.54, 1.807) is 13.1 Å². The predicted molar refractivity (Wildman–Crippen MR) is 150 cm³/mol. The molecule has 9 heteroatoms. The lowest BCUT2D eigenvalue weighted by Gasteiger charge is -2.14. The van der Waals surface area contributed by atoms with Gasteiger partial charge in [0.25, 0.3) is 0 Å². The molecule has 8 nitrogen and oxygen atoms in total. The standard InChI is InChI=1S/C29H25N7OS/c1-17(37)25-4-5-26(38-25)28-21-12-24(33-23(21)6-7-31-28)27-22-11-20(15-32-29(22)35-34-27)19-10-18(13-30-14-19)16-36-8-2-3-9-36/h4-7,10-15,33H,2-3,8-9,16H2,1H3,(H,32,34,35). The second-order valence-electron chi connectivity index (χ2n) is 9.78. The highest BCUT2D eigenvalue weighted by Gasteiger charge is 2.17. The Morgan fingerprint density at radius 2 is 1.87 bits per heavy atom. The smallest absolute Gasteiger partial charge is 0.181 e. The van der Waals surface area contributed by atoms with E-state index in [0.29, 0.717) is 5.65 Å². The summed E-state index contributed by atoms with van der Waals surface area (Å²) < 4.78 is 0. The van der Waals surface area contributed by atoms with Gasteiger partial charge >= 0.3 is 0 Å². The minimum absolute atomic E-state index is 0.0622. The molecule has 1 aliphatic rings. The number of nitrogens with zero attached hydrogens (tertiary/aromatic N) is 5. The molecule has 7 rings (SSSR count). The first-order chi connectivity index (χ1) is 18.6. The predicted octanol–water partition coefficient (Wildman–Crippen LogP) is 6.09. The van der Waals surface area contributed by atoms with Crippen LogP contribution in [0.4, 0.5) is 0 Å². The van der Waals surface area contributed by atoms with Gasteiger partial charge in [-0.15, -0.1) is 11.3 Å². The van der Waals surface area contributed by atoms with Gasteiger partial charge in [-0.25, -0.2) is 4.98 Å². The Balaban J connectivity index is 1.27. The minimum atomic E-state index is 0.0622. The van der Waals surface area contributed by atoms with Crippen molar-refractivity contribution in [2.24, 2.45) is 0 Å². The van der Waals surface area contributed by atoms with E-state index in [4.69, 9.17) is 0 Å². The number of carbonyl (C=O) groups excluding carboxylic acids is 1. The highest BCUT2D eigenvalue weighted by Crippen LogP contribution is 2.36. The Kier molecular flexibility index (Phi) is 5.60. The number of thiophene rings is 1. The molecule has 0 radical (unpaired) electrons. The summed E-state index contributed by atoms with van der Waals surface area (Å²) in [5.41, 5.74) is 7.52. The monoisotopic (exact) mass is 519 g/mol. The molecule has 0 bridgehead atoms. The second kappa shape index (κ2) is 9.27. The van der Waals surface area contributed by atoms with E-state index in [1.807, 2.05) is 36.8 Å². The highest BCUT2D eigenvalue weighted by atomic mass is 32.1. The molecule has 6 aromatic rings. The van der Waals surface area contributed by atoms with Crippen molar-refractivity contribution in [3.63, 3.8) is 0 Å². The zero-order valence-corrected chi connectivity index (χ0v) is 21.7. The number of ketones is 1. The Morgan fingerprint density at radius 3 is 2.71 bits per heavy atom. The molecule has 0 saturated carbocycles. The van der Waals surface area contributed by atoms with Crippen molar-refractivity contribution in [2.75, 3.05) is 13.1 Å². The summed E-state index contributed by atoms with van der Waals surface area (Å²) in [7, 11) is 0. The number of fused-ring (bicyclic) bond motifs is 2. The van der Waals surface area contributed by atoms with Gasteiger partial charge in [-0.05, 0) is 74.8 Å². The van der Waals surface area contributed by atoms with Crippen molar-refractivity contribution in [1.29, 1.82) is 0 Å². The number of hydrogen-bond acceptors (Lipinski definition) is 7. The van der Waals surface area contributed by atoms with Gasteiger partial charge in [0.2, 0.25) is 0 Å². The summed E-state index contributed by atoms with van der Waals surface area (Å²) in [6.45, 7) is 4.82. The normalized spacial score (nSPS) is 14.1. The average Bonchev–Trinajstić information content (AvgIpc) is 3.74. The number of aromatic amines is 2. The summed E-state index contributed by atoms with van der Waals surface area (Å²) >= 11 is 1.46. The molecular weight excluding hydrogens is 494 g/mol. The topological polar surface area (TPSA) is 103 Å². The van der Waals surface area contributed by atoms with Crippen molar-refractivity contribution in [3.05, 3.63) is 71.6 Å². The number of hydrogen-bond donors (Lipinski definition) is 2. The van der Waals surface area contributed by atoms with Crippen molar-refractivity contribution >= 4 is 39.1 Å². The van der Waals surface area contributed by atoms with Crippen LogP contribution in [-0.4, -0.2) is 53.9 Å². The molecule has 0 spiro atoms. The summed E-state index contributed by atoms with van der Waals surface area (Å²) in [6, 6.07) is 12.2. The van der Waals surface area contributed by atoms with Crippen LogP contribution in [0, 0.1) is 0 Å². The van der Waals surface area contributed by atoms with Crippen molar-refractivity contribution in [3.8, 4) is 33.1 Å². The highest BCUT2D eigenvalue weighted by molar-refractivity contribution is 7.17. The van der Waals surface area contributed by atoms with Crippen molar-refractivity contribution in [1.82, 2.24) is 35.0 Å². The molecule has 1 aliphatic heterocycles. The molecule has 6 aromatic heterocycles. The lowest BCUT2D eigenvalue weighted by Crippen LogP contribution is -2.18. The first kappa shape index (κ1) is 22.9. The maximum atomic E-state index is 11.8. The summed E-state index contributed by atoms with van der Waals surface area (Å²) in [5.74, 6) is 0.0622. The van der Waals surface area contributed by atoms with E-state index in [1.165, 1.54) is 29.7 Å². The molecule has 2 N–H and O–H groups in total. The van der Waals surface area contributed by atoms with Gasteiger partial charge in [-0.2, -0.15) is 5.10 Å². The van der Waals surface area contributed by atoms with Gasteiger partial charge in [-0.3, -0.25) is 24.8 Å². The van der Waals surface area contributed by atoms with Crippen LogP contribution in [0.3, 0.4) is 0 Å². The van der Waals surface area contributed by atoms with Crippen LogP contribution in [0.1, 0.15) is 35.0 Å². The maximum Gasteiger partial charge on any atom is 0.181 e. The van der Waals surface area contributed by atoms with Crippen LogP contribution >= 0.6 is 11.3 Å². The van der Waals surface area contributed by atoms with E-state index in [-0.39, 0.29) is 5.78 Å². The fourth-order valence-corrected chi connectivity index (χ4v) is 6.15. The third-order valence-electron chi connectivity index (χ3n) is 7.15. The molecule has 0 atom stereocenters. The fourth-order valence-electron chi connectivity index (χ4n) is 5.23. The quantitative estimate of drug-likeness (QED) is 0.258. The van der Waals surface area contributed by atoms with Crippen molar-refractivity contribution < 1.29 is 4.79 Å². The van der Waals surface area contributed by atoms with Crippen LogP contribution in [0.5, 0.6) is 0 Å². The Labute approximate surface area is 222 Å². The number of rotatable bonds is 6. The van der Waals surface area contributed by atoms with Crippen LogP contribution in [0.15, 0.2) is 61.2 Å². The summed E-state index contributed by atoms with van der Waals surface area (Å²) in [6.07, 6.45) is 10.1. The second-order valence-corrected chi connectivity index (χ2v) is 10.9. The molecule has 188 valence electrons. The van der Waals surface area contributed by atoms with Gasteiger partial charge in [0.1, 0.15) is 0 Å². The van der Waals surface area contributed by atoms with E-state index >= 15 is 0 Å². The first-order valence-electron chi connectivity index (χ1n) is 12.7. The lowest BCUT2D eigenvalue weighted by atomic mass is 10.1. The zero-order chi connectivity index (χ0) is 25.6. The molecule has 0 amide bonds. The number of carbonyl (C=O) groups is 1. The first-order valence-corrected chi connectivity index (χ1v) is 13.5.